The Kier molecular flexibility index (Phi) is 3.56. The minimum absolute atomic E-state index is 0.0951. The summed E-state index contributed by atoms with van der Waals surface area (Å²) in [5, 5.41) is 9.98. The summed E-state index contributed by atoms with van der Waals surface area (Å²) in [4.78, 5) is 11.6. The maximum atomic E-state index is 11.6. The highest BCUT2D eigenvalue weighted by Crippen LogP contribution is 2.07. The highest BCUT2D eigenvalue weighted by molar-refractivity contribution is 5.81. The van der Waals surface area contributed by atoms with Crippen LogP contribution < -0.4 is 10.6 Å². The zero-order valence-corrected chi connectivity index (χ0v) is 9.45. The number of amides is 1. The minimum Gasteiger partial charge on any atom is -0.361 e. The molecule has 0 aliphatic carbocycles. The number of nitrogens with one attached hydrogen (secondary N) is 2. The van der Waals surface area contributed by atoms with Crippen LogP contribution in [0, 0.1) is 6.92 Å². The number of aromatic nitrogens is 1. The second kappa shape index (κ2) is 5.12. The van der Waals surface area contributed by atoms with E-state index in [-0.39, 0.29) is 11.9 Å². The van der Waals surface area contributed by atoms with Crippen molar-refractivity contribution in [2.45, 2.75) is 38.8 Å². The van der Waals surface area contributed by atoms with Gasteiger partial charge in [0.25, 0.3) is 0 Å². The van der Waals surface area contributed by atoms with Crippen molar-refractivity contribution in [1.82, 2.24) is 15.8 Å². The molecular formula is C11H17N3O2. The standard InChI is InChI=1S/C11H17N3O2/c1-8-6-9(14-16-8)7-13-10-4-2-3-5-12-11(10)15/h6,10,13H,2-5,7H2,1H3,(H,12,15). The van der Waals surface area contributed by atoms with Crippen molar-refractivity contribution in [3.63, 3.8) is 0 Å². The summed E-state index contributed by atoms with van der Waals surface area (Å²) >= 11 is 0. The maximum Gasteiger partial charge on any atom is 0.237 e. The highest BCUT2D eigenvalue weighted by atomic mass is 16.5. The Morgan fingerprint density at radius 3 is 3.25 bits per heavy atom. The molecule has 1 amide bonds. The second-order valence-corrected chi connectivity index (χ2v) is 4.15. The fourth-order valence-corrected chi connectivity index (χ4v) is 1.86. The molecule has 0 aromatic carbocycles. The summed E-state index contributed by atoms with van der Waals surface area (Å²) < 4.78 is 4.97. The average molecular weight is 223 g/mol. The molecule has 1 aromatic heterocycles. The van der Waals surface area contributed by atoms with Crippen molar-refractivity contribution in [3.05, 3.63) is 17.5 Å². The first kappa shape index (κ1) is 11.1. The number of aryl methyl sites for hydroxylation is 1. The molecule has 88 valence electrons. The normalized spacial score (nSPS) is 21.6. The van der Waals surface area contributed by atoms with E-state index in [1.54, 1.807) is 0 Å². The van der Waals surface area contributed by atoms with E-state index in [1.165, 1.54) is 0 Å². The van der Waals surface area contributed by atoms with Crippen LogP contribution in [0.25, 0.3) is 0 Å². The van der Waals surface area contributed by atoms with Gasteiger partial charge in [0, 0.05) is 19.2 Å². The first-order chi connectivity index (χ1) is 7.75. The molecule has 0 radical (unpaired) electrons. The molecule has 1 saturated heterocycles. The first-order valence-electron chi connectivity index (χ1n) is 5.69. The predicted octanol–water partition coefficient (Wildman–Crippen LogP) is 0.741. The van der Waals surface area contributed by atoms with Gasteiger partial charge in [0.2, 0.25) is 5.91 Å². The Morgan fingerprint density at radius 1 is 1.62 bits per heavy atom. The number of hydrogen-bond donors (Lipinski definition) is 2. The van der Waals surface area contributed by atoms with Gasteiger partial charge in [0.15, 0.2) is 0 Å². The third-order valence-electron chi connectivity index (χ3n) is 2.74. The number of hydrogen-bond acceptors (Lipinski definition) is 4. The Bertz CT molecular complexity index is 362. The van der Waals surface area contributed by atoms with Gasteiger partial charge in [-0.2, -0.15) is 0 Å². The SMILES string of the molecule is Cc1cc(CNC2CCCCNC2=O)no1. The van der Waals surface area contributed by atoms with E-state index < -0.39 is 0 Å². The zero-order chi connectivity index (χ0) is 11.4. The minimum atomic E-state index is -0.0977. The van der Waals surface area contributed by atoms with Crippen LogP contribution in [0.1, 0.15) is 30.7 Å². The van der Waals surface area contributed by atoms with E-state index >= 15 is 0 Å². The molecule has 2 N–H and O–H groups in total. The van der Waals surface area contributed by atoms with Crippen molar-refractivity contribution < 1.29 is 9.32 Å². The topological polar surface area (TPSA) is 67.2 Å². The van der Waals surface area contributed by atoms with E-state index in [2.05, 4.69) is 15.8 Å². The molecule has 1 aliphatic rings. The smallest absolute Gasteiger partial charge is 0.237 e. The van der Waals surface area contributed by atoms with Gasteiger partial charge in [-0.05, 0) is 26.2 Å². The number of rotatable bonds is 3. The summed E-state index contributed by atoms with van der Waals surface area (Å²) in [7, 11) is 0. The van der Waals surface area contributed by atoms with Crippen molar-refractivity contribution >= 4 is 5.91 Å². The molecule has 1 fully saturated rings. The molecular weight excluding hydrogens is 206 g/mol. The molecule has 1 aromatic rings. The molecule has 5 nitrogen and oxygen atoms in total. The quantitative estimate of drug-likeness (QED) is 0.793. The molecule has 16 heavy (non-hydrogen) atoms. The van der Waals surface area contributed by atoms with Crippen LogP contribution >= 0.6 is 0 Å². The van der Waals surface area contributed by atoms with E-state index in [1.807, 2.05) is 13.0 Å². The second-order valence-electron chi connectivity index (χ2n) is 4.15. The fraction of sp³-hybridized carbons (Fsp3) is 0.636. The van der Waals surface area contributed by atoms with Crippen molar-refractivity contribution in [2.75, 3.05) is 6.54 Å². The van der Waals surface area contributed by atoms with Gasteiger partial charge in [-0.3, -0.25) is 4.79 Å². The average Bonchev–Trinajstić information content (AvgIpc) is 2.56. The Hall–Kier alpha value is -1.36. The van der Waals surface area contributed by atoms with Gasteiger partial charge in [-0.25, -0.2) is 0 Å². The van der Waals surface area contributed by atoms with Crippen LogP contribution in [0.2, 0.25) is 0 Å². The number of nitrogens with zero attached hydrogens (tertiary/aromatic N) is 1. The van der Waals surface area contributed by atoms with Crippen LogP contribution in [-0.4, -0.2) is 23.7 Å². The highest BCUT2D eigenvalue weighted by Gasteiger charge is 2.19. The molecule has 1 aliphatic heterocycles. The summed E-state index contributed by atoms with van der Waals surface area (Å²) in [5.74, 6) is 0.889. The van der Waals surface area contributed by atoms with Gasteiger partial charge in [0.05, 0.1) is 11.7 Å². The lowest BCUT2D eigenvalue weighted by Gasteiger charge is -2.13. The molecule has 2 rings (SSSR count). The monoisotopic (exact) mass is 223 g/mol. The van der Waals surface area contributed by atoms with E-state index in [0.717, 1.165) is 37.3 Å². The molecule has 1 atom stereocenters. The van der Waals surface area contributed by atoms with Crippen LogP contribution in [0.3, 0.4) is 0 Å². The largest absolute Gasteiger partial charge is 0.361 e. The Labute approximate surface area is 94.6 Å². The van der Waals surface area contributed by atoms with Gasteiger partial charge >= 0.3 is 0 Å². The van der Waals surface area contributed by atoms with Gasteiger partial charge in [0.1, 0.15) is 5.76 Å². The van der Waals surface area contributed by atoms with E-state index in [4.69, 9.17) is 4.52 Å². The summed E-state index contributed by atoms with van der Waals surface area (Å²) in [5.41, 5.74) is 0.842. The molecule has 2 heterocycles. The van der Waals surface area contributed by atoms with Gasteiger partial charge < -0.3 is 15.2 Å². The van der Waals surface area contributed by atoms with Crippen LogP contribution in [0.15, 0.2) is 10.6 Å². The molecule has 0 bridgehead atoms. The third-order valence-corrected chi connectivity index (χ3v) is 2.74. The lowest BCUT2D eigenvalue weighted by molar-refractivity contribution is -0.122. The van der Waals surface area contributed by atoms with Crippen molar-refractivity contribution in [3.8, 4) is 0 Å². The summed E-state index contributed by atoms with van der Waals surface area (Å²) in [6.07, 6.45) is 3.03. The summed E-state index contributed by atoms with van der Waals surface area (Å²) in [6, 6.07) is 1.78. The molecule has 5 heteroatoms. The molecule has 0 spiro atoms. The lowest BCUT2D eigenvalue weighted by atomic mass is 10.1. The van der Waals surface area contributed by atoms with E-state index in [9.17, 15) is 4.79 Å². The van der Waals surface area contributed by atoms with Crippen LogP contribution in [0.5, 0.6) is 0 Å². The molecule has 0 saturated carbocycles. The van der Waals surface area contributed by atoms with E-state index in [0.29, 0.717) is 6.54 Å². The number of carbonyl (C=O) groups is 1. The summed E-state index contributed by atoms with van der Waals surface area (Å²) in [6.45, 7) is 3.23. The molecule has 1 unspecified atom stereocenters. The zero-order valence-electron chi connectivity index (χ0n) is 9.45. The van der Waals surface area contributed by atoms with Gasteiger partial charge in [-0.1, -0.05) is 5.16 Å². The predicted molar refractivity (Wildman–Crippen MR) is 58.7 cm³/mol. The van der Waals surface area contributed by atoms with Crippen molar-refractivity contribution in [2.24, 2.45) is 0 Å². The maximum absolute atomic E-state index is 11.6. The third kappa shape index (κ3) is 2.82. The first-order valence-corrected chi connectivity index (χ1v) is 5.69. The Morgan fingerprint density at radius 2 is 2.50 bits per heavy atom. The van der Waals surface area contributed by atoms with Gasteiger partial charge in [-0.15, -0.1) is 0 Å². The Balaban J connectivity index is 1.86. The van der Waals surface area contributed by atoms with Crippen LogP contribution in [-0.2, 0) is 11.3 Å². The lowest BCUT2D eigenvalue weighted by Crippen LogP contribution is -2.42. The fourth-order valence-electron chi connectivity index (χ4n) is 1.86. The van der Waals surface area contributed by atoms with Crippen molar-refractivity contribution in [1.29, 1.82) is 0 Å². The number of carbonyl (C=O) groups excluding carboxylic acids is 1. The van der Waals surface area contributed by atoms with Crippen LogP contribution in [0.4, 0.5) is 0 Å².